The van der Waals surface area contributed by atoms with Crippen molar-refractivity contribution in [2.24, 2.45) is 0 Å². The summed E-state index contributed by atoms with van der Waals surface area (Å²) in [6.07, 6.45) is 4.70. The standard InChI is InChI=1S/C14H20ClN3O2/c1-2-7-18-8-4-10(5-9-18)17-13-12(15)11(14(19)20)3-6-16-13/h3,6,10H,2,4-5,7-9H2,1H3,(H,16,17)(H,19,20). The van der Waals surface area contributed by atoms with Crippen molar-refractivity contribution < 1.29 is 9.90 Å². The number of nitrogens with one attached hydrogen (secondary N) is 1. The molecule has 1 fully saturated rings. The number of likely N-dealkylation sites (tertiary alicyclic amines) is 1. The van der Waals surface area contributed by atoms with E-state index in [1.54, 1.807) is 0 Å². The average molecular weight is 298 g/mol. The second-order valence-corrected chi connectivity index (χ2v) is 5.46. The van der Waals surface area contributed by atoms with Crippen LogP contribution in [0, 0.1) is 0 Å². The minimum atomic E-state index is -1.03. The van der Waals surface area contributed by atoms with Gasteiger partial charge in [0, 0.05) is 25.3 Å². The van der Waals surface area contributed by atoms with Gasteiger partial charge in [-0.15, -0.1) is 0 Å². The highest BCUT2D eigenvalue weighted by molar-refractivity contribution is 6.35. The Hall–Kier alpha value is -1.33. The predicted octanol–water partition coefficient (Wildman–Crippen LogP) is 2.72. The van der Waals surface area contributed by atoms with Crippen LogP contribution in [0.25, 0.3) is 0 Å². The van der Waals surface area contributed by atoms with Crippen molar-refractivity contribution in [2.45, 2.75) is 32.2 Å². The smallest absolute Gasteiger partial charge is 0.337 e. The number of nitrogens with zero attached hydrogens (tertiary/aromatic N) is 2. The summed E-state index contributed by atoms with van der Waals surface area (Å²) < 4.78 is 0. The number of carbonyl (C=O) groups is 1. The molecule has 2 N–H and O–H groups in total. The van der Waals surface area contributed by atoms with E-state index in [2.05, 4.69) is 22.1 Å². The van der Waals surface area contributed by atoms with E-state index in [9.17, 15) is 4.79 Å². The topological polar surface area (TPSA) is 65.5 Å². The number of hydrogen-bond donors (Lipinski definition) is 2. The molecule has 0 aromatic carbocycles. The third kappa shape index (κ3) is 3.61. The first-order valence-electron chi connectivity index (χ1n) is 6.98. The first-order valence-corrected chi connectivity index (χ1v) is 7.36. The number of carboxylic acids is 1. The molecule has 110 valence electrons. The minimum Gasteiger partial charge on any atom is -0.478 e. The van der Waals surface area contributed by atoms with Crippen molar-refractivity contribution in [3.05, 3.63) is 22.8 Å². The Balaban J connectivity index is 1.98. The van der Waals surface area contributed by atoms with Gasteiger partial charge < -0.3 is 15.3 Å². The van der Waals surface area contributed by atoms with Gasteiger partial charge in [-0.25, -0.2) is 9.78 Å². The number of anilines is 1. The normalized spacial score (nSPS) is 17.1. The van der Waals surface area contributed by atoms with Gasteiger partial charge in [-0.2, -0.15) is 0 Å². The number of rotatable bonds is 5. The van der Waals surface area contributed by atoms with Crippen LogP contribution in [0.3, 0.4) is 0 Å². The molecule has 0 aliphatic carbocycles. The number of piperidine rings is 1. The fourth-order valence-corrected chi connectivity index (χ4v) is 2.77. The number of carboxylic acid groups (broad SMARTS) is 1. The molecule has 0 spiro atoms. The molecule has 1 aromatic heterocycles. The van der Waals surface area contributed by atoms with Crippen LogP contribution >= 0.6 is 11.6 Å². The highest BCUT2D eigenvalue weighted by Crippen LogP contribution is 2.25. The first kappa shape index (κ1) is 15.1. The molecule has 5 nitrogen and oxygen atoms in total. The summed E-state index contributed by atoms with van der Waals surface area (Å²) in [4.78, 5) is 17.6. The highest BCUT2D eigenvalue weighted by atomic mass is 35.5. The lowest BCUT2D eigenvalue weighted by atomic mass is 10.0. The van der Waals surface area contributed by atoms with Gasteiger partial charge in [0.25, 0.3) is 0 Å². The van der Waals surface area contributed by atoms with E-state index in [1.165, 1.54) is 18.7 Å². The average Bonchev–Trinajstić information content (AvgIpc) is 2.43. The molecule has 1 aliphatic rings. The molecule has 2 rings (SSSR count). The third-order valence-electron chi connectivity index (χ3n) is 3.59. The number of aromatic nitrogens is 1. The van der Waals surface area contributed by atoms with Gasteiger partial charge >= 0.3 is 5.97 Å². The number of halogens is 1. The van der Waals surface area contributed by atoms with E-state index in [1.807, 2.05) is 0 Å². The molecule has 2 heterocycles. The SMILES string of the molecule is CCCN1CCC(Nc2nccc(C(=O)O)c2Cl)CC1. The fraction of sp³-hybridized carbons (Fsp3) is 0.571. The van der Waals surface area contributed by atoms with Gasteiger partial charge in [0.2, 0.25) is 0 Å². The molecule has 0 atom stereocenters. The van der Waals surface area contributed by atoms with Crippen LogP contribution in [0.1, 0.15) is 36.5 Å². The van der Waals surface area contributed by atoms with Gasteiger partial charge in [0.15, 0.2) is 0 Å². The molecule has 1 aliphatic heterocycles. The van der Waals surface area contributed by atoms with Gasteiger partial charge in [-0.1, -0.05) is 18.5 Å². The van der Waals surface area contributed by atoms with E-state index in [0.29, 0.717) is 11.9 Å². The van der Waals surface area contributed by atoms with Gasteiger partial charge in [-0.3, -0.25) is 0 Å². The van der Waals surface area contributed by atoms with Gasteiger partial charge in [-0.05, 0) is 31.9 Å². The van der Waals surface area contributed by atoms with Crippen LogP contribution in [-0.4, -0.2) is 46.6 Å². The maximum absolute atomic E-state index is 11.0. The van der Waals surface area contributed by atoms with Crippen molar-refractivity contribution in [3.63, 3.8) is 0 Å². The summed E-state index contributed by atoms with van der Waals surface area (Å²) in [7, 11) is 0. The predicted molar refractivity (Wildman–Crippen MR) is 79.6 cm³/mol. The van der Waals surface area contributed by atoms with Crippen molar-refractivity contribution in [2.75, 3.05) is 25.0 Å². The van der Waals surface area contributed by atoms with Crippen molar-refractivity contribution in [1.29, 1.82) is 0 Å². The molecular weight excluding hydrogens is 278 g/mol. The lowest BCUT2D eigenvalue weighted by Gasteiger charge is -2.32. The Morgan fingerprint density at radius 3 is 2.85 bits per heavy atom. The minimum absolute atomic E-state index is 0.0904. The Bertz CT molecular complexity index is 473. The summed E-state index contributed by atoms with van der Waals surface area (Å²) >= 11 is 6.09. The van der Waals surface area contributed by atoms with Crippen LogP contribution in [0.4, 0.5) is 5.82 Å². The Labute approximate surface area is 123 Å². The van der Waals surface area contributed by atoms with Gasteiger partial charge in [0.05, 0.1) is 10.6 Å². The second-order valence-electron chi connectivity index (χ2n) is 5.09. The zero-order valence-electron chi connectivity index (χ0n) is 11.6. The molecule has 1 aromatic rings. The van der Waals surface area contributed by atoms with Crippen LogP contribution in [-0.2, 0) is 0 Å². The highest BCUT2D eigenvalue weighted by Gasteiger charge is 2.21. The maximum atomic E-state index is 11.0. The Morgan fingerprint density at radius 1 is 1.55 bits per heavy atom. The van der Waals surface area contributed by atoms with E-state index < -0.39 is 5.97 Å². The van der Waals surface area contributed by atoms with E-state index in [0.717, 1.165) is 32.5 Å². The quantitative estimate of drug-likeness (QED) is 0.875. The number of pyridine rings is 1. The Morgan fingerprint density at radius 2 is 2.25 bits per heavy atom. The maximum Gasteiger partial charge on any atom is 0.337 e. The molecule has 6 heteroatoms. The van der Waals surface area contributed by atoms with E-state index in [4.69, 9.17) is 16.7 Å². The van der Waals surface area contributed by atoms with Crippen LogP contribution in [0.15, 0.2) is 12.3 Å². The zero-order valence-corrected chi connectivity index (χ0v) is 12.4. The van der Waals surface area contributed by atoms with Crippen LogP contribution in [0.5, 0.6) is 0 Å². The number of aromatic carboxylic acids is 1. The Kier molecular flexibility index (Phi) is 5.20. The lowest BCUT2D eigenvalue weighted by molar-refractivity contribution is 0.0697. The summed E-state index contributed by atoms with van der Waals surface area (Å²) in [5.41, 5.74) is 0.0904. The lowest BCUT2D eigenvalue weighted by Crippen LogP contribution is -2.39. The summed E-state index contributed by atoms with van der Waals surface area (Å²) in [6, 6.07) is 1.72. The first-order chi connectivity index (χ1) is 9.61. The number of hydrogen-bond acceptors (Lipinski definition) is 4. The van der Waals surface area contributed by atoms with Gasteiger partial charge in [0.1, 0.15) is 5.82 Å². The molecular formula is C14H20ClN3O2. The summed E-state index contributed by atoms with van der Waals surface area (Å²) in [5, 5.41) is 12.5. The molecule has 20 heavy (non-hydrogen) atoms. The van der Waals surface area contributed by atoms with Crippen molar-refractivity contribution in [3.8, 4) is 0 Å². The molecule has 1 saturated heterocycles. The van der Waals surface area contributed by atoms with Crippen LogP contribution < -0.4 is 5.32 Å². The summed E-state index contributed by atoms with van der Waals surface area (Å²) in [6.45, 7) is 5.44. The zero-order chi connectivity index (χ0) is 14.5. The fourth-order valence-electron chi connectivity index (χ4n) is 2.52. The summed E-state index contributed by atoms with van der Waals surface area (Å²) in [5.74, 6) is -0.557. The molecule has 0 amide bonds. The third-order valence-corrected chi connectivity index (χ3v) is 3.97. The van der Waals surface area contributed by atoms with Crippen molar-refractivity contribution >= 4 is 23.4 Å². The van der Waals surface area contributed by atoms with Crippen LogP contribution in [0.2, 0.25) is 5.02 Å². The monoisotopic (exact) mass is 297 g/mol. The molecule has 0 saturated carbocycles. The van der Waals surface area contributed by atoms with E-state index >= 15 is 0 Å². The molecule has 0 radical (unpaired) electrons. The molecule has 0 unspecified atom stereocenters. The molecule has 0 bridgehead atoms. The van der Waals surface area contributed by atoms with Crippen molar-refractivity contribution in [1.82, 2.24) is 9.88 Å². The van der Waals surface area contributed by atoms with E-state index in [-0.39, 0.29) is 10.6 Å². The largest absolute Gasteiger partial charge is 0.478 e. The second kappa shape index (κ2) is 6.90.